The van der Waals surface area contributed by atoms with E-state index in [4.69, 9.17) is 4.74 Å². The monoisotopic (exact) mass is 286 g/mol. The molecule has 0 aliphatic rings. The molecular weight excluding hydrogens is 271 g/mol. The van der Waals surface area contributed by atoms with Crippen molar-refractivity contribution in [3.63, 3.8) is 0 Å². The molecule has 0 aliphatic carbocycles. The molecule has 70 valence electrons. The van der Waals surface area contributed by atoms with E-state index in [2.05, 4.69) is 0 Å². The first-order valence-electron chi connectivity index (χ1n) is 4.08. The second kappa shape index (κ2) is 6.95. The third kappa shape index (κ3) is 4.93. The van der Waals surface area contributed by atoms with Gasteiger partial charge in [0.1, 0.15) is 5.75 Å². The van der Waals surface area contributed by atoms with E-state index in [-0.39, 0.29) is 29.9 Å². The van der Waals surface area contributed by atoms with Gasteiger partial charge in [-0.05, 0) is 18.6 Å². The molecule has 0 spiro atoms. The van der Waals surface area contributed by atoms with Crippen molar-refractivity contribution in [2.45, 2.75) is 19.8 Å². The topological polar surface area (TPSA) is 26.3 Å². The summed E-state index contributed by atoms with van der Waals surface area (Å²) in [4.78, 5) is 11.0. The summed E-state index contributed by atoms with van der Waals surface area (Å²) in [5.74, 6) is 0.458. The van der Waals surface area contributed by atoms with Crippen LogP contribution in [0.15, 0.2) is 30.3 Å². The third-order valence-corrected chi connectivity index (χ3v) is 1.43. The van der Waals surface area contributed by atoms with Gasteiger partial charge in [0.15, 0.2) is 0 Å². The van der Waals surface area contributed by atoms with Crippen LogP contribution in [0, 0.1) is 0 Å². The Bertz CT molecular complexity index is 246. The van der Waals surface area contributed by atoms with Gasteiger partial charge in [-0.1, -0.05) is 25.1 Å². The number of ether oxygens (including phenoxy) is 1. The molecule has 3 heteroatoms. The van der Waals surface area contributed by atoms with Crippen LogP contribution in [-0.2, 0) is 4.79 Å². The van der Waals surface area contributed by atoms with Crippen LogP contribution in [0.3, 0.4) is 0 Å². The minimum absolute atomic E-state index is 0. The van der Waals surface area contributed by atoms with Crippen molar-refractivity contribution >= 4 is 29.9 Å². The van der Waals surface area contributed by atoms with Crippen molar-refractivity contribution in [1.29, 1.82) is 0 Å². The molecule has 1 aromatic carbocycles. The molecule has 0 saturated heterocycles. The maximum atomic E-state index is 11.0. The fourth-order valence-corrected chi connectivity index (χ4v) is 0.875. The van der Waals surface area contributed by atoms with Crippen molar-refractivity contribution in [1.82, 2.24) is 0 Å². The van der Waals surface area contributed by atoms with Crippen LogP contribution in [0.4, 0.5) is 0 Å². The van der Waals surface area contributed by atoms with Gasteiger partial charge in [-0.15, -0.1) is 0 Å². The molecule has 0 unspecified atom stereocenters. The number of carbonyl (C=O) groups is 1. The Morgan fingerprint density at radius 1 is 1.31 bits per heavy atom. The molecule has 1 aromatic rings. The second-order valence-electron chi connectivity index (χ2n) is 2.54. The number of rotatable bonds is 3. The summed E-state index contributed by atoms with van der Waals surface area (Å²) < 4.78 is 5.02. The summed E-state index contributed by atoms with van der Waals surface area (Å²) in [6, 6.07) is 9.11. The summed E-state index contributed by atoms with van der Waals surface area (Å²) in [5.41, 5.74) is 0. The van der Waals surface area contributed by atoms with E-state index in [1.807, 2.05) is 25.1 Å². The van der Waals surface area contributed by atoms with E-state index in [0.29, 0.717) is 12.2 Å². The zero-order valence-corrected chi connectivity index (χ0v) is 11.9. The molecule has 0 atom stereocenters. The van der Waals surface area contributed by atoms with Gasteiger partial charge in [-0.3, -0.25) is 4.79 Å². The van der Waals surface area contributed by atoms with Gasteiger partial charge in [0.2, 0.25) is 0 Å². The fraction of sp³-hybridized carbons (Fsp3) is 0.300. The quantitative estimate of drug-likeness (QED) is 0.477. The van der Waals surface area contributed by atoms with E-state index in [1.165, 1.54) is 0 Å². The van der Waals surface area contributed by atoms with Crippen LogP contribution in [0.5, 0.6) is 5.75 Å². The average molecular weight is 285 g/mol. The molecule has 0 saturated carbocycles. The average Bonchev–Trinajstić information content (AvgIpc) is 2.06. The first kappa shape index (κ1) is 12.5. The minimum atomic E-state index is -0.163. The Kier molecular flexibility index (Phi) is 6.67. The molecule has 0 amide bonds. The second-order valence-corrected chi connectivity index (χ2v) is 2.54. The van der Waals surface area contributed by atoms with E-state index < -0.39 is 0 Å². The van der Waals surface area contributed by atoms with Gasteiger partial charge in [0.05, 0.1) is 0 Å². The molecule has 2 radical (unpaired) electrons. The van der Waals surface area contributed by atoms with Gasteiger partial charge in [-0.25, -0.2) is 0 Å². The van der Waals surface area contributed by atoms with E-state index >= 15 is 0 Å². The molecule has 0 aromatic heterocycles. The van der Waals surface area contributed by atoms with Gasteiger partial charge in [0.25, 0.3) is 0 Å². The summed E-state index contributed by atoms with van der Waals surface area (Å²) in [6.07, 6.45) is 1.31. The summed E-state index contributed by atoms with van der Waals surface area (Å²) in [6.45, 7) is 1.95. The Labute approximate surface area is 95.2 Å². The summed E-state index contributed by atoms with van der Waals surface area (Å²) in [5, 5.41) is 0. The van der Waals surface area contributed by atoms with Gasteiger partial charge >= 0.3 is 29.9 Å². The molecule has 0 fully saturated rings. The van der Waals surface area contributed by atoms with Crippen molar-refractivity contribution in [3.8, 4) is 5.75 Å². The van der Waals surface area contributed by atoms with Crippen LogP contribution in [0.2, 0.25) is 0 Å². The standard InChI is InChI=1S/C10H12O2.Sn.2H/c1-2-6-10(11)12-9-7-4-3-5-8-9;;;/h3-5,7-8H,2,6H2,1H3;;;. The molecule has 0 heterocycles. The predicted octanol–water partition coefficient (Wildman–Crippen LogP) is 1.48. The van der Waals surface area contributed by atoms with Crippen molar-refractivity contribution < 1.29 is 9.53 Å². The molecule has 0 N–H and O–H groups in total. The number of esters is 1. The van der Waals surface area contributed by atoms with Crippen LogP contribution in [-0.4, -0.2) is 29.9 Å². The first-order chi connectivity index (χ1) is 5.83. The fourth-order valence-electron chi connectivity index (χ4n) is 0.875. The van der Waals surface area contributed by atoms with Gasteiger partial charge in [-0.2, -0.15) is 0 Å². The van der Waals surface area contributed by atoms with Gasteiger partial charge in [0, 0.05) is 6.42 Å². The predicted molar refractivity (Wildman–Crippen MR) is 55.5 cm³/mol. The number of carbonyl (C=O) groups excluding carboxylic acids is 1. The van der Waals surface area contributed by atoms with E-state index in [9.17, 15) is 4.79 Å². The maximum absolute atomic E-state index is 11.0. The number of hydrogen-bond donors (Lipinski definition) is 0. The molecule has 0 aliphatic heterocycles. The number of benzene rings is 1. The van der Waals surface area contributed by atoms with Crippen LogP contribution in [0.1, 0.15) is 19.8 Å². The van der Waals surface area contributed by atoms with Crippen molar-refractivity contribution in [3.05, 3.63) is 30.3 Å². The molecule has 0 bridgehead atoms. The summed E-state index contributed by atoms with van der Waals surface area (Å²) in [7, 11) is 0. The van der Waals surface area contributed by atoms with Crippen molar-refractivity contribution in [2.75, 3.05) is 0 Å². The van der Waals surface area contributed by atoms with Crippen LogP contribution < -0.4 is 4.74 Å². The van der Waals surface area contributed by atoms with Crippen molar-refractivity contribution in [2.24, 2.45) is 0 Å². The SMILES string of the molecule is CCCC(=O)Oc1ccccc1.[SnH2]. The number of para-hydroxylation sites is 1. The van der Waals surface area contributed by atoms with Gasteiger partial charge < -0.3 is 4.74 Å². The molecular formula is C10H14O2Sn. The third-order valence-electron chi connectivity index (χ3n) is 1.43. The normalized spacial score (nSPS) is 8.69. The molecule has 1 rings (SSSR count). The van der Waals surface area contributed by atoms with E-state index in [0.717, 1.165) is 6.42 Å². The van der Waals surface area contributed by atoms with Crippen LogP contribution >= 0.6 is 0 Å². The van der Waals surface area contributed by atoms with E-state index in [1.54, 1.807) is 12.1 Å². The first-order valence-corrected chi connectivity index (χ1v) is 4.08. The Morgan fingerprint density at radius 3 is 2.46 bits per heavy atom. The number of hydrogen-bond acceptors (Lipinski definition) is 2. The molecule has 2 nitrogen and oxygen atoms in total. The molecule has 13 heavy (non-hydrogen) atoms. The Morgan fingerprint density at radius 2 is 1.92 bits per heavy atom. The van der Waals surface area contributed by atoms with Crippen LogP contribution in [0.25, 0.3) is 0 Å². The Hall–Kier alpha value is -0.511. The zero-order chi connectivity index (χ0) is 8.81. The Balaban J connectivity index is 0.00000144. The zero-order valence-electron chi connectivity index (χ0n) is 7.82. The summed E-state index contributed by atoms with van der Waals surface area (Å²) >= 11 is 0.